The van der Waals surface area contributed by atoms with Crippen LogP contribution >= 0.6 is 0 Å². The first-order chi connectivity index (χ1) is 19.7. The molecule has 3 aliphatic rings. The molecule has 3 saturated heterocycles. The lowest BCUT2D eigenvalue weighted by molar-refractivity contribution is -0.137. The average molecular weight is 570 g/mol. The van der Waals surface area contributed by atoms with Crippen LogP contribution in [0.5, 0.6) is 0 Å². The third kappa shape index (κ3) is 7.29. The Labute approximate surface area is 239 Å². The van der Waals surface area contributed by atoms with E-state index >= 15 is 0 Å². The number of hydrogen-bond acceptors (Lipinski definition) is 7. The van der Waals surface area contributed by atoms with Crippen LogP contribution in [0.25, 0.3) is 0 Å². The molecule has 1 amide bonds. The second kappa shape index (κ2) is 12.7. The molecule has 8 nitrogen and oxygen atoms in total. The Morgan fingerprint density at radius 2 is 1.59 bits per heavy atom. The van der Waals surface area contributed by atoms with Crippen LogP contribution in [0.15, 0.2) is 36.5 Å². The first kappa shape index (κ1) is 29.1. The monoisotopic (exact) mass is 569 g/mol. The highest BCUT2D eigenvalue weighted by atomic mass is 19.4. The lowest BCUT2D eigenvalue weighted by Gasteiger charge is -2.38. The Morgan fingerprint density at radius 3 is 2.20 bits per heavy atom. The zero-order chi connectivity index (χ0) is 29.0. The smallest absolute Gasteiger partial charge is 0.371 e. The Hall–Kier alpha value is -3.36. The van der Waals surface area contributed by atoms with Crippen LogP contribution in [0.3, 0.4) is 0 Å². The highest BCUT2D eigenvalue weighted by molar-refractivity contribution is 5.92. The fourth-order valence-electron chi connectivity index (χ4n) is 6.11. The van der Waals surface area contributed by atoms with Crippen LogP contribution in [-0.2, 0) is 11.0 Å². The van der Waals surface area contributed by atoms with Crippen molar-refractivity contribution >= 4 is 23.1 Å². The number of piperidine rings is 2. The number of anilines is 3. The Bertz CT molecular complexity index is 1220. The van der Waals surface area contributed by atoms with Gasteiger partial charge in [-0.15, -0.1) is 0 Å². The van der Waals surface area contributed by atoms with Crippen molar-refractivity contribution in [1.82, 2.24) is 14.8 Å². The van der Waals surface area contributed by atoms with Crippen molar-refractivity contribution in [1.29, 1.82) is 5.26 Å². The Morgan fingerprint density at radius 1 is 0.951 bits per heavy atom. The number of alkyl halides is 3. The first-order valence-electron chi connectivity index (χ1n) is 14.5. The predicted octanol–water partition coefficient (Wildman–Crippen LogP) is 4.29. The fraction of sp³-hybridized carbons (Fsp3) is 0.567. The van der Waals surface area contributed by atoms with E-state index in [0.717, 1.165) is 56.9 Å². The van der Waals surface area contributed by atoms with Gasteiger partial charge < -0.3 is 24.9 Å². The average Bonchev–Trinajstić information content (AvgIpc) is 2.98. The molecule has 0 aliphatic carbocycles. The van der Waals surface area contributed by atoms with Gasteiger partial charge in [0.05, 0.1) is 29.1 Å². The maximum absolute atomic E-state index is 13.4. The molecule has 0 radical (unpaired) electrons. The summed E-state index contributed by atoms with van der Waals surface area (Å²) in [6, 6.07) is 9.24. The van der Waals surface area contributed by atoms with E-state index in [-0.39, 0.29) is 17.4 Å². The molecule has 2 aromatic rings. The van der Waals surface area contributed by atoms with Crippen molar-refractivity contribution in [2.45, 2.75) is 31.9 Å². The number of nitrogens with one attached hydrogen (secondary N) is 1. The molecule has 41 heavy (non-hydrogen) atoms. The van der Waals surface area contributed by atoms with Gasteiger partial charge in [0.25, 0.3) is 0 Å². The molecule has 1 N–H and O–H groups in total. The Balaban J connectivity index is 1.08. The molecular weight excluding hydrogens is 531 g/mol. The standard InChI is InChI=1S/C30H38F3N7O/c1-37-14-16-38(17-15-37)21-22-6-10-40(11-7-22)26-4-5-28(35-20-26)36-29(41)23-8-12-39(13-9-23)25-3-2-24(19-34)27(18-25)30(31,32)33/h2-5,18,20,22-23H,6-17,21H2,1H3,(H,35,36,41). The number of piperazine rings is 1. The molecule has 0 saturated carbocycles. The number of likely N-dealkylation sites (N-methyl/N-ethyl adjacent to an activating group) is 1. The second-order valence-electron chi connectivity index (χ2n) is 11.5. The van der Waals surface area contributed by atoms with Gasteiger partial charge in [0.15, 0.2) is 0 Å². The number of halogens is 3. The van der Waals surface area contributed by atoms with Gasteiger partial charge in [-0.05, 0) is 69.0 Å². The first-order valence-corrected chi connectivity index (χ1v) is 14.5. The number of nitriles is 1. The second-order valence-corrected chi connectivity index (χ2v) is 11.5. The lowest BCUT2D eigenvalue weighted by atomic mass is 9.95. The number of amides is 1. The van der Waals surface area contributed by atoms with Crippen LogP contribution < -0.4 is 15.1 Å². The largest absolute Gasteiger partial charge is 0.417 e. The number of carbonyl (C=O) groups excluding carboxylic acids is 1. The molecule has 0 atom stereocenters. The molecule has 5 rings (SSSR count). The number of rotatable bonds is 6. The van der Waals surface area contributed by atoms with Gasteiger partial charge in [-0.3, -0.25) is 4.79 Å². The number of pyridine rings is 1. The third-order valence-electron chi connectivity index (χ3n) is 8.75. The number of benzene rings is 1. The minimum atomic E-state index is -4.59. The third-order valence-corrected chi connectivity index (χ3v) is 8.75. The topological polar surface area (TPSA) is 78.7 Å². The van der Waals surface area contributed by atoms with E-state index in [9.17, 15) is 18.0 Å². The minimum Gasteiger partial charge on any atom is -0.371 e. The van der Waals surface area contributed by atoms with Crippen LogP contribution in [0, 0.1) is 23.2 Å². The molecule has 1 aromatic carbocycles. The number of carbonyl (C=O) groups is 1. The Kier molecular flexibility index (Phi) is 9.00. The zero-order valence-electron chi connectivity index (χ0n) is 23.5. The van der Waals surface area contributed by atoms with E-state index in [1.165, 1.54) is 31.5 Å². The van der Waals surface area contributed by atoms with Crippen molar-refractivity contribution < 1.29 is 18.0 Å². The summed E-state index contributed by atoms with van der Waals surface area (Å²) in [5.74, 6) is 0.877. The minimum absolute atomic E-state index is 0.120. The quantitative estimate of drug-likeness (QED) is 0.556. The van der Waals surface area contributed by atoms with Gasteiger partial charge in [-0.25, -0.2) is 4.98 Å². The van der Waals surface area contributed by atoms with Crippen molar-refractivity contribution in [3.8, 4) is 6.07 Å². The summed E-state index contributed by atoms with van der Waals surface area (Å²) in [5, 5.41) is 11.9. The van der Waals surface area contributed by atoms with E-state index in [2.05, 4.69) is 32.0 Å². The van der Waals surface area contributed by atoms with Gasteiger partial charge in [0, 0.05) is 70.5 Å². The molecule has 4 heterocycles. The van der Waals surface area contributed by atoms with Crippen molar-refractivity contribution in [3.05, 3.63) is 47.7 Å². The summed E-state index contributed by atoms with van der Waals surface area (Å²) in [5.41, 5.74) is 0.160. The maximum atomic E-state index is 13.4. The zero-order valence-corrected chi connectivity index (χ0v) is 23.5. The molecule has 3 aliphatic heterocycles. The molecule has 0 unspecified atom stereocenters. The van der Waals surface area contributed by atoms with Crippen molar-refractivity contribution in [2.24, 2.45) is 11.8 Å². The van der Waals surface area contributed by atoms with E-state index in [0.29, 0.717) is 37.4 Å². The summed E-state index contributed by atoms with van der Waals surface area (Å²) in [4.78, 5) is 26.6. The highest BCUT2D eigenvalue weighted by Crippen LogP contribution is 2.35. The van der Waals surface area contributed by atoms with Gasteiger partial charge in [-0.1, -0.05) is 0 Å². The summed E-state index contributed by atoms with van der Waals surface area (Å²) < 4.78 is 40.1. The maximum Gasteiger partial charge on any atom is 0.417 e. The van der Waals surface area contributed by atoms with Gasteiger partial charge in [-0.2, -0.15) is 18.4 Å². The predicted molar refractivity (Wildman–Crippen MR) is 153 cm³/mol. The number of aromatic nitrogens is 1. The van der Waals surface area contributed by atoms with Crippen molar-refractivity contribution in [2.75, 3.05) is 81.1 Å². The van der Waals surface area contributed by atoms with Crippen LogP contribution in [0.4, 0.5) is 30.4 Å². The number of nitrogens with zero attached hydrogens (tertiary/aromatic N) is 6. The fourth-order valence-corrected chi connectivity index (χ4v) is 6.11. The van der Waals surface area contributed by atoms with E-state index in [1.54, 1.807) is 6.07 Å². The van der Waals surface area contributed by atoms with E-state index in [4.69, 9.17) is 5.26 Å². The molecule has 1 aromatic heterocycles. The molecule has 3 fully saturated rings. The normalized spacial score (nSPS) is 20.2. The summed E-state index contributed by atoms with van der Waals surface area (Å²) in [6.45, 7) is 8.74. The van der Waals surface area contributed by atoms with Crippen molar-refractivity contribution in [3.63, 3.8) is 0 Å². The summed E-state index contributed by atoms with van der Waals surface area (Å²) in [7, 11) is 2.19. The van der Waals surface area contributed by atoms with Gasteiger partial charge >= 0.3 is 6.18 Å². The number of hydrogen-bond donors (Lipinski definition) is 1. The summed E-state index contributed by atoms with van der Waals surface area (Å²) in [6.07, 6.45) is 0.612. The van der Waals surface area contributed by atoms with E-state index in [1.807, 2.05) is 23.2 Å². The van der Waals surface area contributed by atoms with Crippen LogP contribution in [0.2, 0.25) is 0 Å². The highest BCUT2D eigenvalue weighted by Gasteiger charge is 2.35. The summed E-state index contributed by atoms with van der Waals surface area (Å²) >= 11 is 0. The lowest BCUT2D eigenvalue weighted by Crippen LogP contribution is -2.47. The van der Waals surface area contributed by atoms with Gasteiger partial charge in [0.1, 0.15) is 5.82 Å². The molecule has 11 heteroatoms. The molecule has 0 bridgehead atoms. The van der Waals surface area contributed by atoms with Crippen LogP contribution in [-0.4, -0.2) is 86.6 Å². The molecule has 220 valence electrons. The van der Waals surface area contributed by atoms with Crippen LogP contribution in [0.1, 0.15) is 36.8 Å². The molecule has 0 spiro atoms. The van der Waals surface area contributed by atoms with E-state index < -0.39 is 11.7 Å². The van der Waals surface area contributed by atoms with Gasteiger partial charge in [0.2, 0.25) is 5.91 Å². The molecular formula is C30H38F3N7O. The SMILES string of the molecule is CN1CCN(CC2CCN(c3ccc(NC(=O)C4CCN(c5ccc(C#N)c(C(F)(F)F)c5)CC4)nc3)CC2)CC1.